The molecule has 2 aromatic carbocycles. The van der Waals surface area contributed by atoms with Crippen LogP contribution < -0.4 is 15.5 Å². The van der Waals surface area contributed by atoms with E-state index in [-0.39, 0.29) is 28.8 Å². The van der Waals surface area contributed by atoms with Crippen LogP contribution in [0.4, 0.5) is 16.2 Å². The molecule has 4 rings (SSSR count). The summed E-state index contributed by atoms with van der Waals surface area (Å²) in [6, 6.07) is 8.95. The third kappa shape index (κ3) is 10.4. The molecule has 2 aromatic rings. The minimum absolute atomic E-state index is 0.112. The topological polar surface area (TPSA) is 192 Å². The number of nitrogens with one attached hydrogen (secondary N) is 2. The number of ether oxygens (including phenoxy) is 1. The van der Waals surface area contributed by atoms with Crippen molar-refractivity contribution >= 4 is 49.3 Å². The first-order valence-electron chi connectivity index (χ1n) is 17.4. The quantitative estimate of drug-likeness (QED) is 0.0932. The van der Waals surface area contributed by atoms with Crippen LogP contribution >= 0.6 is 0 Å². The van der Waals surface area contributed by atoms with E-state index >= 15 is 0 Å². The first-order valence-corrected chi connectivity index (χ1v) is 20.3. The fraction of sp³-hybridized carbons (Fsp3) is 0.447. The smallest absolute Gasteiger partial charge is 0.407 e. The lowest BCUT2D eigenvalue weighted by molar-refractivity contribution is -0.121. The average Bonchev–Trinajstić information content (AvgIpc) is 3.41. The summed E-state index contributed by atoms with van der Waals surface area (Å²) in [6.45, 7) is 14.3. The SMILES string of the molecule is CC(C)(C)OC(=O)NCCNC(=O)CCCCCN1\C(=C/C=C/C=C/C2=Nc3ccc(S(=O)(=O)O)cc3C2(C)C)C(C)(C)c2cc(S(=O)(=O)O)ccc21. The number of amides is 2. The first-order chi connectivity index (χ1) is 24.5. The Bertz CT molecular complexity index is 2080. The maximum atomic E-state index is 12.4. The number of benzene rings is 2. The van der Waals surface area contributed by atoms with Gasteiger partial charge < -0.3 is 20.3 Å². The van der Waals surface area contributed by atoms with Gasteiger partial charge in [0.2, 0.25) is 5.91 Å². The molecule has 0 aliphatic carbocycles. The van der Waals surface area contributed by atoms with Crippen molar-refractivity contribution in [3.8, 4) is 0 Å². The van der Waals surface area contributed by atoms with Gasteiger partial charge in [0.1, 0.15) is 5.60 Å². The summed E-state index contributed by atoms with van der Waals surface area (Å²) >= 11 is 0. The number of aliphatic imine (C=N–C) groups is 1. The Labute approximate surface area is 312 Å². The van der Waals surface area contributed by atoms with Crippen LogP contribution in [0.25, 0.3) is 0 Å². The molecule has 2 heterocycles. The summed E-state index contributed by atoms with van der Waals surface area (Å²) in [4.78, 5) is 30.6. The number of alkyl carbamates (subject to hydrolysis) is 1. The summed E-state index contributed by atoms with van der Waals surface area (Å²) < 4.78 is 71.8. The van der Waals surface area contributed by atoms with Crippen molar-refractivity contribution in [1.29, 1.82) is 0 Å². The van der Waals surface area contributed by atoms with Crippen molar-refractivity contribution in [2.45, 2.75) is 100 Å². The van der Waals surface area contributed by atoms with Crippen LogP contribution in [0, 0.1) is 0 Å². The van der Waals surface area contributed by atoms with Crippen molar-refractivity contribution in [1.82, 2.24) is 10.6 Å². The van der Waals surface area contributed by atoms with Gasteiger partial charge in [-0.1, -0.05) is 52.3 Å². The van der Waals surface area contributed by atoms with Gasteiger partial charge in [-0.15, -0.1) is 0 Å². The molecule has 288 valence electrons. The molecule has 13 nitrogen and oxygen atoms in total. The van der Waals surface area contributed by atoms with E-state index < -0.39 is 42.8 Å². The van der Waals surface area contributed by atoms with E-state index in [0.717, 1.165) is 35.5 Å². The summed E-state index contributed by atoms with van der Waals surface area (Å²) in [6.07, 6.45) is 11.3. The lowest BCUT2D eigenvalue weighted by Crippen LogP contribution is -2.37. The number of hydrogen-bond donors (Lipinski definition) is 4. The third-order valence-corrected chi connectivity index (χ3v) is 10.8. The second-order valence-corrected chi connectivity index (χ2v) is 17.9. The standard InChI is InChI=1S/C38H50N4O9S2/c1-36(2,3)51-35(44)40-22-21-39-34(43)16-12-9-13-23-42-31-20-18-27(53(48,49)50)25-29(31)38(6,7)33(42)15-11-8-10-14-32-37(4,5)28-24-26(52(45,46)47)17-19-30(28)41-32/h8,10-11,14-15,17-20,24-25H,9,12-13,16,21-23H2,1-7H3,(H,39,43)(H,40,44)(H,45,46,47)(H,48,49,50)/b11-8+,14-10+,33-15-. The van der Waals surface area contributed by atoms with E-state index in [2.05, 4.69) is 20.5 Å². The zero-order chi connectivity index (χ0) is 39.4. The molecular formula is C38H50N4O9S2. The average molecular weight is 771 g/mol. The largest absolute Gasteiger partial charge is 0.444 e. The van der Waals surface area contributed by atoms with Gasteiger partial charge in [0.15, 0.2) is 0 Å². The lowest BCUT2D eigenvalue weighted by atomic mass is 9.81. The highest BCUT2D eigenvalue weighted by atomic mass is 32.2. The van der Waals surface area contributed by atoms with Gasteiger partial charge in [0.25, 0.3) is 20.2 Å². The number of rotatable bonds is 14. The number of carbonyl (C=O) groups is 2. The number of nitrogens with zero attached hydrogens (tertiary/aromatic N) is 2. The molecular weight excluding hydrogens is 721 g/mol. The molecule has 0 radical (unpaired) electrons. The highest BCUT2D eigenvalue weighted by Gasteiger charge is 2.40. The molecule has 53 heavy (non-hydrogen) atoms. The molecule has 0 aromatic heterocycles. The van der Waals surface area contributed by atoms with Crippen molar-refractivity contribution in [2.24, 2.45) is 4.99 Å². The van der Waals surface area contributed by atoms with E-state index in [0.29, 0.717) is 30.6 Å². The fourth-order valence-corrected chi connectivity index (χ4v) is 7.36. The number of allylic oxidation sites excluding steroid dienone is 6. The zero-order valence-electron chi connectivity index (χ0n) is 31.3. The van der Waals surface area contributed by atoms with Gasteiger partial charge in [-0.25, -0.2) is 4.79 Å². The third-order valence-electron chi connectivity index (χ3n) is 9.11. The van der Waals surface area contributed by atoms with Crippen LogP contribution in [0.1, 0.15) is 85.3 Å². The minimum atomic E-state index is -4.41. The highest BCUT2D eigenvalue weighted by Crippen LogP contribution is 2.48. The summed E-state index contributed by atoms with van der Waals surface area (Å²) in [5.41, 5.74) is 2.74. The van der Waals surface area contributed by atoms with Crippen LogP contribution in [0.2, 0.25) is 0 Å². The first kappa shape index (κ1) is 41.4. The highest BCUT2D eigenvalue weighted by molar-refractivity contribution is 7.86. The molecule has 15 heteroatoms. The minimum Gasteiger partial charge on any atom is -0.444 e. The second kappa shape index (κ2) is 16.0. The summed E-state index contributed by atoms with van der Waals surface area (Å²) in [7, 11) is -8.77. The Balaban J connectivity index is 1.41. The molecule has 2 aliphatic heterocycles. The van der Waals surface area contributed by atoms with Gasteiger partial charge in [0.05, 0.1) is 21.2 Å². The predicted molar refractivity (Wildman–Crippen MR) is 205 cm³/mol. The van der Waals surface area contributed by atoms with Crippen LogP contribution in [-0.4, -0.2) is 68.9 Å². The normalized spacial score (nSPS) is 17.3. The molecule has 2 aliphatic rings. The van der Waals surface area contributed by atoms with Crippen molar-refractivity contribution in [3.05, 3.63) is 83.6 Å². The monoisotopic (exact) mass is 770 g/mol. The Morgan fingerprint density at radius 3 is 2.09 bits per heavy atom. The summed E-state index contributed by atoms with van der Waals surface area (Å²) in [5, 5.41) is 5.41. The number of anilines is 1. The van der Waals surface area contributed by atoms with Crippen LogP contribution in [0.15, 0.2) is 87.3 Å². The zero-order valence-corrected chi connectivity index (χ0v) is 32.9. The Kier molecular flexibility index (Phi) is 12.5. The van der Waals surface area contributed by atoms with E-state index in [1.165, 1.54) is 24.3 Å². The second-order valence-electron chi connectivity index (χ2n) is 15.1. The van der Waals surface area contributed by atoms with Crippen molar-refractivity contribution in [2.75, 3.05) is 24.5 Å². The van der Waals surface area contributed by atoms with E-state index in [1.807, 2.05) is 58.1 Å². The molecule has 4 N–H and O–H groups in total. The molecule has 0 saturated carbocycles. The molecule has 0 unspecified atom stereocenters. The van der Waals surface area contributed by atoms with E-state index in [1.54, 1.807) is 32.9 Å². The summed E-state index contributed by atoms with van der Waals surface area (Å²) in [5.74, 6) is -0.112. The Morgan fingerprint density at radius 1 is 0.830 bits per heavy atom. The van der Waals surface area contributed by atoms with E-state index in [4.69, 9.17) is 4.74 Å². The molecule has 0 spiro atoms. The van der Waals surface area contributed by atoms with Gasteiger partial charge in [0, 0.05) is 48.3 Å². The van der Waals surface area contributed by atoms with Crippen LogP contribution in [0.3, 0.4) is 0 Å². The van der Waals surface area contributed by atoms with E-state index in [9.17, 15) is 35.5 Å². The number of unbranched alkanes of at least 4 members (excludes halogenated alkanes) is 2. The molecule has 2 amide bonds. The molecule has 0 saturated heterocycles. The number of fused-ring (bicyclic) bond motifs is 2. The van der Waals surface area contributed by atoms with Crippen molar-refractivity contribution in [3.63, 3.8) is 0 Å². The Morgan fingerprint density at radius 2 is 1.45 bits per heavy atom. The van der Waals surface area contributed by atoms with Crippen LogP contribution in [-0.2, 0) is 40.6 Å². The molecule has 0 atom stereocenters. The van der Waals surface area contributed by atoms with Gasteiger partial charge in [-0.05, 0) is 93.3 Å². The van der Waals surface area contributed by atoms with Crippen LogP contribution in [0.5, 0.6) is 0 Å². The van der Waals surface area contributed by atoms with Gasteiger partial charge in [-0.3, -0.25) is 18.9 Å². The van der Waals surface area contributed by atoms with Crippen molar-refractivity contribution < 1.29 is 40.3 Å². The lowest BCUT2D eigenvalue weighted by Gasteiger charge is -2.27. The number of hydrogen-bond acceptors (Lipinski definition) is 9. The van der Waals surface area contributed by atoms with Gasteiger partial charge >= 0.3 is 6.09 Å². The number of carbonyl (C=O) groups excluding carboxylic acids is 2. The fourth-order valence-electron chi connectivity index (χ4n) is 6.34. The Hall–Kier alpha value is -4.31. The maximum Gasteiger partial charge on any atom is 0.407 e. The molecule has 0 fully saturated rings. The van der Waals surface area contributed by atoms with Gasteiger partial charge in [-0.2, -0.15) is 16.8 Å². The maximum absolute atomic E-state index is 12.4. The predicted octanol–water partition coefficient (Wildman–Crippen LogP) is 6.54. The molecule has 0 bridgehead atoms.